The Hall–Kier alpha value is -1.43. The fourth-order valence-electron chi connectivity index (χ4n) is 1.38. The first-order valence-corrected chi connectivity index (χ1v) is 5.28. The van der Waals surface area contributed by atoms with Gasteiger partial charge in [0.05, 0.1) is 6.54 Å². The summed E-state index contributed by atoms with van der Waals surface area (Å²) >= 11 is 0. The summed E-state index contributed by atoms with van der Waals surface area (Å²) in [7, 11) is 0. The summed E-state index contributed by atoms with van der Waals surface area (Å²) in [6, 6.07) is 0.187. The Bertz CT molecular complexity index is 351. The highest BCUT2D eigenvalue weighted by Crippen LogP contribution is 2.10. The molecule has 6 heteroatoms. The molecule has 6 nitrogen and oxygen atoms in total. The second-order valence-electron chi connectivity index (χ2n) is 3.85. The van der Waals surface area contributed by atoms with Crippen LogP contribution >= 0.6 is 0 Å². The van der Waals surface area contributed by atoms with E-state index in [1.165, 1.54) is 0 Å². The average molecular weight is 227 g/mol. The van der Waals surface area contributed by atoms with Crippen LogP contribution in [0.2, 0.25) is 0 Å². The first-order valence-electron chi connectivity index (χ1n) is 5.28. The van der Waals surface area contributed by atoms with Crippen molar-refractivity contribution in [1.82, 2.24) is 15.2 Å². The lowest BCUT2D eigenvalue weighted by molar-refractivity contribution is -0.139. The van der Waals surface area contributed by atoms with Gasteiger partial charge in [-0.1, -0.05) is 17.2 Å². The maximum absolute atomic E-state index is 10.7. The normalized spacial score (nSPS) is 13.0. The maximum Gasteiger partial charge on any atom is 0.317 e. The van der Waals surface area contributed by atoms with Gasteiger partial charge in [-0.2, -0.15) is 0 Å². The van der Waals surface area contributed by atoms with E-state index < -0.39 is 5.97 Å². The minimum Gasteiger partial charge on any atom is -0.480 e. The van der Waals surface area contributed by atoms with Crippen molar-refractivity contribution in [2.75, 3.05) is 6.54 Å². The number of aromatic nitrogens is 2. The molecule has 16 heavy (non-hydrogen) atoms. The zero-order valence-corrected chi connectivity index (χ0v) is 9.80. The molecule has 1 unspecified atom stereocenters. The van der Waals surface area contributed by atoms with E-state index in [0.29, 0.717) is 17.9 Å². The minimum absolute atomic E-state index is 0.00130. The standard InChI is InChI=1S/C10H17N3O3/c1-4-7(2)13(6-10(14)15)5-9-8(3)11-16-12-9/h7H,4-6H2,1-3H3,(H,14,15). The third-order valence-electron chi connectivity index (χ3n) is 2.65. The molecule has 1 aromatic rings. The lowest BCUT2D eigenvalue weighted by Gasteiger charge is -2.25. The van der Waals surface area contributed by atoms with Crippen molar-refractivity contribution in [3.63, 3.8) is 0 Å². The predicted octanol–water partition coefficient (Wildman–Crippen LogP) is 1.06. The lowest BCUT2D eigenvalue weighted by atomic mass is 10.2. The van der Waals surface area contributed by atoms with E-state index in [9.17, 15) is 4.79 Å². The van der Waals surface area contributed by atoms with Crippen LogP contribution in [0.4, 0.5) is 0 Å². The minimum atomic E-state index is -0.839. The SMILES string of the molecule is CCC(C)N(CC(=O)O)Cc1nonc1C. The summed E-state index contributed by atoms with van der Waals surface area (Å²) in [5.74, 6) is -0.839. The molecule has 0 aliphatic rings. The summed E-state index contributed by atoms with van der Waals surface area (Å²) in [5.41, 5.74) is 1.40. The van der Waals surface area contributed by atoms with Crippen LogP contribution < -0.4 is 0 Å². The molecule has 1 heterocycles. The van der Waals surface area contributed by atoms with E-state index in [1.807, 2.05) is 18.7 Å². The smallest absolute Gasteiger partial charge is 0.317 e. The Labute approximate surface area is 94.2 Å². The second kappa shape index (κ2) is 5.60. The van der Waals surface area contributed by atoms with Crippen molar-refractivity contribution in [3.05, 3.63) is 11.4 Å². The number of aliphatic carboxylic acids is 1. The van der Waals surface area contributed by atoms with Crippen molar-refractivity contribution in [3.8, 4) is 0 Å². The third-order valence-corrected chi connectivity index (χ3v) is 2.65. The van der Waals surface area contributed by atoms with E-state index in [-0.39, 0.29) is 12.6 Å². The van der Waals surface area contributed by atoms with E-state index >= 15 is 0 Å². The van der Waals surface area contributed by atoms with Gasteiger partial charge in [0.25, 0.3) is 0 Å². The Morgan fingerprint density at radius 1 is 1.56 bits per heavy atom. The molecular weight excluding hydrogens is 210 g/mol. The molecule has 0 fully saturated rings. The van der Waals surface area contributed by atoms with Gasteiger partial charge in [-0.05, 0) is 20.3 Å². The predicted molar refractivity (Wildman–Crippen MR) is 56.8 cm³/mol. The maximum atomic E-state index is 10.7. The van der Waals surface area contributed by atoms with E-state index in [0.717, 1.165) is 6.42 Å². The fourth-order valence-corrected chi connectivity index (χ4v) is 1.38. The van der Waals surface area contributed by atoms with Gasteiger partial charge in [-0.15, -0.1) is 0 Å². The van der Waals surface area contributed by atoms with Gasteiger partial charge in [-0.3, -0.25) is 9.69 Å². The largest absolute Gasteiger partial charge is 0.480 e. The van der Waals surface area contributed by atoms with Crippen molar-refractivity contribution < 1.29 is 14.5 Å². The van der Waals surface area contributed by atoms with Crippen molar-refractivity contribution >= 4 is 5.97 Å². The van der Waals surface area contributed by atoms with Crippen LogP contribution in [-0.4, -0.2) is 38.9 Å². The highest BCUT2D eigenvalue weighted by molar-refractivity contribution is 5.69. The molecule has 0 spiro atoms. The van der Waals surface area contributed by atoms with Crippen LogP contribution in [0.5, 0.6) is 0 Å². The van der Waals surface area contributed by atoms with E-state index in [1.54, 1.807) is 6.92 Å². The molecular formula is C10H17N3O3. The van der Waals surface area contributed by atoms with Gasteiger partial charge in [0, 0.05) is 12.6 Å². The number of nitrogens with zero attached hydrogens (tertiary/aromatic N) is 3. The highest BCUT2D eigenvalue weighted by Gasteiger charge is 2.18. The van der Waals surface area contributed by atoms with Crippen molar-refractivity contribution in [2.45, 2.75) is 39.8 Å². The zero-order chi connectivity index (χ0) is 12.1. The summed E-state index contributed by atoms with van der Waals surface area (Å²) in [5, 5.41) is 16.3. The van der Waals surface area contributed by atoms with E-state index in [2.05, 4.69) is 14.9 Å². The van der Waals surface area contributed by atoms with Gasteiger partial charge >= 0.3 is 5.97 Å². The first kappa shape index (κ1) is 12.6. The Morgan fingerprint density at radius 2 is 2.25 bits per heavy atom. The second-order valence-corrected chi connectivity index (χ2v) is 3.85. The molecule has 0 saturated heterocycles. The number of carboxylic acids is 1. The molecule has 0 amide bonds. The van der Waals surface area contributed by atoms with E-state index in [4.69, 9.17) is 5.11 Å². The third kappa shape index (κ3) is 3.30. The van der Waals surface area contributed by atoms with Crippen LogP contribution in [0.1, 0.15) is 31.7 Å². The van der Waals surface area contributed by atoms with Crippen molar-refractivity contribution in [1.29, 1.82) is 0 Å². The molecule has 1 atom stereocenters. The zero-order valence-electron chi connectivity index (χ0n) is 9.80. The number of hydrogen-bond acceptors (Lipinski definition) is 5. The Balaban J connectivity index is 2.70. The van der Waals surface area contributed by atoms with Crippen LogP contribution in [-0.2, 0) is 11.3 Å². The molecule has 0 bridgehead atoms. The van der Waals surface area contributed by atoms with Crippen LogP contribution in [0.15, 0.2) is 4.63 Å². The number of carboxylic acid groups (broad SMARTS) is 1. The summed E-state index contributed by atoms with van der Waals surface area (Å²) in [6.07, 6.45) is 0.887. The summed E-state index contributed by atoms with van der Waals surface area (Å²) in [6.45, 7) is 6.26. The highest BCUT2D eigenvalue weighted by atomic mass is 16.6. The molecule has 1 aromatic heterocycles. The summed E-state index contributed by atoms with van der Waals surface area (Å²) in [4.78, 5) is 12.6. The number of hydrogen-bond donors (Lipinski definition) is 1. The quantitative estimate of drug-likeness (QED) is 0.782. The van der Waals surface area contributed by atoms with Crippen molar-refractivity contribution in [2.24, 2.45) is 0 Å². The Morgan fingerprint density at radius 3 is 2.69 bits per heavy atom. The number of rotatable bonds is 6. The molecule has 0 saturated carbocycles. The number of carbonyl (C=O) groups is 1. The lowest BCUT2D eigenvalue weighted by Crippen LogP contribution is -2.36. The molecule has 0 aromatic carbocycles. The molecule has 0 aliphatic carbocycles. The molecule has 90 valence electrons. The fraction of sp³-hybridized carbons (Fsp3) is 0.700. The molecule has 1 rings (SSSR count). The number of aryl methyl sites for hydroxylation is 1. The molecule has 0 aliphatic heterocycles. The van der Waals surface area contributed by atoms with Gasteiger partial charge in [0.15, 0.2) is 0 Å². The molecule has 1 N–H and O–H groups in total. The molecule has 0 radical (unpaired) electrons. The van der Waals surface area contributed by atoms with Gasteiger partial charge in [0.2, 0.25) is 0 Å². The van der Waals surface area contributed by atoms with Gasteiger partial charge in [-0.25, -0.2) is 4.63 Å². The average Bonchev–Trinajstić information content (AvgIpc) is 2.61. The van der Waals surface area contributed by atoms with Crippen LogP contribution in [0.25, 0.3) is 0 Å². The van der Waals surface area contributed by atoms with Crippen LogP contribution in [0, 0.1) is 6.92 Å². The summed E-state index contributed by atoms with van der Waals surface area (Å²) < 4.78 is 4.59. The topological polar surface area (TPSA) is 79.5 Å². The van der Waals surface area contributed by atoms with Gasteiger partial charge in [0.1, 0.15) is 11.4 Å². The Kier molecular flexibility index (Phi) is 4.42. The van der Waals surface area contributed by atoms with Gasteiger partial charge < -0.3 is 5.11 Å². The van der Waals surface area contributed by atoms with Crippen LogP contribution in [0.3, 0.4) is 0 Å². The first-order chi connectivity index (χ1) is 7.54. The monoisotopic (exact) mass is 227 g/mol.